The highest BCUT2D eigenvalue weighted by Gasteiger charge is 2.34. The van der Waals surface area contributed by atoms with Gasteiger partial charge in [-0.05, 0) is 43.4 Å². The van der Waals surface area contributed by atoms with Crippen molar-refractivity contribution in [3.63, 3.8) is 0 Å². The highest BCUT2D eigenvalue weighted by Crippen LogP contribution is 2.28. The molecule has 20 heavy (non-hydrogen) atoms. The molecule has 0 aliphatic carbocycles. The monoisotopic (exact) mass is 274 g/mol. The van der Waals surface area contributed by atoms with E-state index in [1.165, 1.54) is 0 Å². The number of aromatic nitrogens is 1. The Morgan fingerprint density at radius 2 is 2.35 bits per heavy atom. The molecule has 3 rings (SSSR count). The third-order valence-corrected chi connectivity index (χ3v) is 4.44. The molecule has 2 saturated heterocycles. The predicted molar refractivity (Wildman–Crippen MR) is 78.3 cm³/mol. The standard InChI is InChI=1S/C15H22N4O/c1-10(16)11-4-6-17-14(8-11)19-7-5-13-12(9-19)2-3-15(20)18-13/h4,6,8,10,12-13H,2-3,5,7,9,16H2,1H3,(H,18,20)/t10-,12?,13?/m1/s1. The van der Waals surface area contributed by atoms with E-state index in [1.807, 2.05) is 19.2 Å². The molecule has 2 aliphatic heterocycles. The van der Waals surface area contributed by atoms with Crippen molar-refractivity contribution in [2.45, 2.75) is 38.3 Å². The quantitative estimate of drug-likeness (QED) is 0.850. The molecule has 3 N–H and O–H groups in total. The smallest absolute Gasteiger partial charge is 0.220 e. The maximum atomic E-state index is 11.4. The Labute approximate surface area is 119 Å². The number of piperidine rings is 2. The Balaban J connectivity index is 1.73. The fraction of sp³-hybridized carbons (Fsp3) is 0.600. The summed E-state index contributed by atoms with van der Waals surface area (Å²) in [4.78, 5) is 18.2. The van der Waals surface area contributed by atoms with Crippen LogP contribution >= 0.6 is 0 Å². The Kier molecular flexibility index (Phi) is 3.61. The van der Waals surface area contributed by atoms with Gasteiger partial charge in [0.2, 0.25) is 5.91 Å². The van der Waals surface area contributed by atoms with Gasteiger partial charge in [-0.1, -0.05) is 0 Å². The second kappa shape index (κ2) is 5.40. The van der Waals surface area contributed by atoms with Gasteiger partial charge in [-0.15, -0.1) is 0 Å². The van der Waals surface area contributed by atoms with Crippen LogP contribution in [0.2, 0.25) is 0 Å². The molecule has 0 spiro atoms. The second-order valence-electron chi connectivity index (χ2n) is 5.94. The summed E-state index contributed by atoms with van der Waals surface area (Å²) in [6, 6.07) is 4.45. The van der Waals surface area contributed by atoms with Crippen molar-refractivity contribution in [1.82, 2.24) is 10.3 Å². The van der Waals surface area contributed by atoms with Crippen LogP contribution in [-0.2, 0) is 4.79 Å². The van der Waals surface area contributed by atoms with Crippen molar-refractivity contribution < 1.29 is 4.79 Å². The number of nitrogens with one attached hydrogen (secondary N) is 1. The van der Waals surface area contributed by atoms with Crippen LogP contribution < -0.4 is 16.0 Å². The minimum absolute atomic E-state index is 0.0308. The minimum atomic E-state index is 0.0308. The lowest BCUT2D eigenvalue weighted by Gasteiger charge is -2.42. The average molecular weight is 274 g/mol. The molecule has 0 aromatic carbocycles. The van der Waals surface area contributed by atoms with Crippen LogP contribution in [0.1, 0.15) is 37.8 Å². The van der Waals surface area contributed by atoms with E-state index in [-0.39, 0.29) is 11.9 Å². The average Bonchev–Trinajstić information content (AvgIpc) is 2.47. The Morgan fingerprint density at radius 3 is 3.15 bits per heavy atom. The number of nitrogens with two attached hydrogens (primary N) is 1. The van der Waals surface area contributed by atoms with E-state index in [2.05, 4.69) is 21.3 Å². The van der Waals surface area contributed by atoms with Gasteiger partial charge >= 0.3 is 0 Å². The lowest BCUT2D eigenvalue weighted by atomic mass is 9.85. The molecule has 1 aromatic heterocycles. The van der Waals surface area contributed by atoms with Crippen LogP contribution in [0.25, 0.3) is 0 Å². The van der Waals surface area contributed by atoms with Crippen LogP contribution in [0.15, 0.2) is 18.3 Å². The molecule has 0 bridgehead atoms. The molecular formula is C15H22N4O. The highest BCUT2D eigenvalue weighted by molar-refractivity contribution is 5.77. The fourth-order valence-electron chi connectivity index (χ4n) is 3.21. The van der Waals surface area contributed by atoms with Crippen LogP contribution in [0, 0.1) is 5.92 Å². The molecule has 3 atom stereocenters. The number of anilines is 1. The molecule has 1 amide bonds. The summed E-state index contributed by atoms with van der Waals surface area (Å²) in [5.74, 6) is 1.76. The first kappa shape index (κ1) is 13.4. The Morgan fingerprint density at radius 1 is 1.50 bits per heavy atom. The maximum Gasteiger partial charge on any atom is 0.220 e. The van der Waals surface area contributed by atoms with Crippen molar-refractivity contribution in [3.05, 3.63) is 23.9 Å². The van der Waals surface area contributed by atoms with Gasteiger partial charge in [0.05, 0.1) is 0 Å². The molecular weight excluding hydrogens is 252 g/mol. The third-order valence-electron chi connectivity index (χ3n) is 4.44. The highest BCUT2D eigenvalue weighted by atomic mass is 16.1. The van der Waals surface area contributed by atoms with Crippen molar-refractivity contribution in [3.8, 4) is 0 Å². The zero-order chi connectivity index (χ0) is 14.1. The molecule has 2 unspecified atom stereocenters. The zero-order valence-electron chi connectivity index (χ0n) is 11.9. The number of carbonyl (C=O) groups excluding carboxylic acids is 1. The number of hydrogen-bond donors (Lipinski definition) is 2. The lowest BCUT2D eigenvalue weighted by molar-refractivity contribution is -0.124. The lowest BCUT2D eigenvalue weighted by Crippen LogP contribution is -2.54. The summed E-state index contributed by atoms with van der Waals surface area (Å²) in [6.45, 7) is 3.90. The molecule has 1 aromatic rings. The van der Waals surface area contributed by atoms with E-state index in [4.69, 9.17) is 5.73 Å². The summed E-state index contributed by atoms with van der Waals surface area (Å²) >= 11 is 0. The zero-order valence-corrected chi connectivity index (χ0v) is 11.9. The first-order valence-electron chi connectivity index (χ1n) is 7.39. The topological polar surface area (TPSA) is 71.2 Å². The first-order valence-corrected chi connectivity index (χ1v) is 7.39. The third kappa shape index (κ3) is 2.63. The van der Waals surface area contributed by atoms with Gasteiger partial charge in [-0.3, -0.25) is 4.79 Å². The van der Waals surface area contributed by atoms with E-state index < -0.39 is 0 Å². The van der Waals surface area contributed by atoms with Crippen LogP contribution in [0.5, 0.6) is 0 Å². The van der Waals surface area contributed by atoms with Crippen LogP contribution in [0.4, 0.5) is 5.82 Å². The van der Waals surface area contributed by atoms with Gasteiger partial charge in [-0.25, -0.2) is 4.98 Å². The summed E-state index contributed by atoms with van der Waals surface area (Å²) in [5, 5.41) is 3.11. The number of carbonyl (C=O) groups is 1. The van der Waals surface area contributed by atoms with E-state index in [0.29, 0.717) is 18.4 Å². The van der Waals surface area contributed by atoms with Crippen molar-refractivity contribution in [1.29, 1.82) is 0 Å². The number of amides is 1. The molecule has 0 saturated carbocycles. The number of nitrogens with zero attached hydrogens (tertiary/aromatic N) is 2. The largest absolute Gasteiger partial charge is 0.356 e. The second-order valence-corrected chi connectivity index (χ2v) is 5.94. The Hall–Kier alpha value is -1.62. The predicted octanol–water partition coefficient (Wildman–Crippen LogP) is 1.21. The van der Waals surface area contributed by atoms with Gasteiger partial charge in [0, 0.05) is 37.8 Å². The van der Waals surface area contributed by atoms with Crippen molar-refractivity contribution >= 4 is 11.7 Å². The summed E-state index contributed by atoms with van der Waals surface area (Å²) < 4.78 is 0. The van der Waals surface area contributed by atoms with Crippen molar-refractivity contribution in [2.24, 2.45) is 11.7 Å². The number of hydrogen-bond acceptors (Lipinski definition) is 4. The SMILES string of the molecule is C[C@@H](N)c1ccnc(N2CCC3NC(=O)CCC3C2)c1. The molecule has 3 heterocycles. The fourth-order valence-corrected chi connectivity index (χ4v) is 3.21. The molecule has 2 fully saturated rings. The molecule has 2 aliphatic rings. The molecule has 108 valence electrons. The summed E-state index contributed by atoms with van der Waals surface area (Å²) in [7, 11) is 0. The molecule has 5 nitrogen and oxygen atoms in total. The Bertz CT molecular complexity index is 502. The van der Waals surface area contributed by atoms with Crippen LogP contribution in [0.3, 0.4) is 0 Å². The van der Waals surface area contributed by atoms with Gasteiger partial charge in [-0.2, -0.15) is 0 Å². The van der Waals surface area contributed by atoms with Gasteiger partial charge in [0.1, 0.15) is 5.82 Å². The van der Waals surface area contributed by atoms with Crippen LogP contribution in [-0.4, -0.2) is 30.0 Å². The van der Waals surface area contributed by atoms with Gasteiger partial charge in [0.25, 0.3) is 0 Å². The number of fused-ring (bicyclic) bond motifs is 1. The van der Waals surface area contributed by atoms with Crippen molar-refractivity contribution in [2.75, 3.05) is 18.0 Å². The maximum absolute atomic E-state index is 11.4. The first-order chi connectivity index (χ1) is 9.63. The van der Waals surface area contributed by atoms with E-state index in [0.717, 1.165) is 37.3 Å². The summed E-state index contributed by atoms with van der Waals surface area (Å²) in [5.41, 5.74) is 7.06. The minimum Gasteiger partial charge on any atom is -0.356 e. The molecule has 5 heteroatoms. The van der Waals surface area contributed by atoms with E-state index >= 15 is 0 Å². The van der Waals surface area contributed by atoms with E-state index in [1.54, 1.807) is 0 Å². The van der Waals surface area contributed by atoms with Gasteiger partial charge in [0.15, 0.2) is 0 Å². The van der Waals surface area contributed by atoms with E-state index in [9.17, 15) is 4.79 Å². The summed E-state index contributed by atoms with van der Waals surface area (Å²) in [6.07, 6.45) is 4.48. The molecule has 0 radical (unpaired) electrons. The number of rotatable bonds is 2. The normalized spacial score (nSPS) is 27.7. The van der Waals surface area contributed by atoms with Gasteiger partial charge < -0.3 is 16.0 Å². The number of pyridine rings is 1.